The van der Waals surface area contributed by atoms with Gasteiger partial charge in [0.2, 0.25) is 6.41 Å². The standard InChI is InChI=1S/C8H18BrNO2/c1-8(2,3)12-7(11)10-6-4-5-9/h7,10-11H,4-6H2,1-3H3. The van der Waals surface area contributed by atoms with Crippen LogP contribution in [-0.2, 0) is 4.74 Å². The first-order valence-corrected chi connectivity index (χ1v) is 5.23. The number of aliphatic hydroxyl groups is 1. The average molecular weight is 240 g/mol. The number of ether oxygens (including phenoxy) is 1. The molecule has 0 aromatic heterocycles. The third kappa shape index (κ3) is 8.46. The van der Waals surface area contributed by atoms with E-state index in [1.54, 1.807) is 0 Å². The van der Waals surface area contributed by atoms with Gasteiger partial charge in [-0.15, -0.1) is 0 Å². The smallest absolute Gasteiger partial charge is 0.214 e. The molecule has 74 valence electrons. The molecule has 12 heavy (non-hydrogen) atoms. The monoisotopic (exact) mass is 239 g/mol. The normalized spacial score (nSPS) is 14.8. The molecule has 0 aliphatic carbocycles. The Kier molecular flexibility index (Phi) is 6.09. The van der Waals surface area contributed by atoms with E-state index in [0.717, 1.165) is 18.3 Å². The first kappa shape index (κ1) is 12.4. The van der Waals surface area contributed by atoms with Crippen molar-refractivity contribution in [3.05, 3.63) is 0 Å². The first-order chi connectivity index (χ1) is 5.45. The second-order valence-corrected chi connectivity index (χ2v) is 4.37. The maximum absolute atomic E-state index is 9.26. The summed E-state index contributed by atoms with van der Waals surface area (Å²) in [5.41, 5.74) is -0.305. The molecule has 1 unspecified atom stereocenters. The summed E-state index contributed by atoms with van der Waals surface area (Å²) in [5.74, 6) is 0. The average Bonchev–Trinajstić information content (AvgIpc) is 1.84. The van der Waals surface area contributed by atoms with Gasteiger partial charge in [0, 0.05) is 11.9 Å². The molecule has 0 heterocycles. The Labute approximate surface area is 82.6 Å². The molecule has 0 radical (unpaired) electrons. The molecular weight excluding hydrogens is 222 g/mol. The molecule has 2 N–H and O–H groups in total. The van der Waals surface area contributed by atoms with Gasteiger partial charge in [-0.1, -0.05) is 15.9 Å². The largest absolute Gasteiger partial charge is 0.356 e. The quantitative estimate of drug-likeness (QED) is 0.434. The highest BCUT2D eigenvalue weighted by Crippen LogP contribution is 2.07. The van der Waals surface area contributed by atoms with Crippen LogP contribution in [0.2, 0.25) is 0 Å². The summed E-state index contributed by atoms with van der Waals surface area (Å²) in [6.07, 6.45) is 0.119. The minimum absolute atomic E-state index is 0.305. The van der Waals surface area contributed by atoms with Crippen LogP contribution in [0.5, 0.6) is 0 Å². The Balaban J connectivity index is 3.40. The van der Waals surface area contributed by atoms with E-state index in [4.69, 9.17) is 4.74 Å². The van der Waals surface area contributed by atoms with E-state index in [-0.39, 0.29) is 5.60 Å². The molecular formula is C8H18BrNO2. The van der Waals surface area contributed by atoms with Crippen molar-refractivity contribution in [1.29, 1.82) is 0 Å². The molecule has 3 nitrogen and oxygen atoms in total. The number of alkyl halides is 1. The zero-order chi connectivity index (χ0) is 9.61. The summed E-state index contributed by atoms with van der Waals surface area (Å²) < 4.78 is 5.21. The van der Waals surface area contributed by atoms with Gasteiger partial charge in [-0.25, -0.2) is 0 Å². The summed E-state index contributed by atoms with van der Waals surface area (Å²) >= 11 is 3.30. The molecule has 0 fully saturated rings. The van der Waals surface area contributed by atoms with Crippen LogP contribution < -0.4 is 5.32 Å². The Morgan fingerprint density at radius 1 is 1.50 bits per heavy atom. The lowest BCUT2D eigenvalue weighted by molar-refractivity contribution is -0.181. The van der Waals surface area contributed by atoms with E-state index in [0.29, 0.717) is 0 Å². The maximum atomic E-state index is 9.26. The minimum Gasteiger partial charge on any atom is -0.356 e. The third-order valence-electron chi connectivity index (χ3n) is 1.09. The molecule has 0 spiro atoms. The highest BCUT2D eigenvalue weighted by atomic mass is 79.9. The van der Waals surface area contributed by atoms with Gasteiger partial charge >= 0.3 is 0 Å². The fraction of sp³-hybridized carbons (Fsp3) is 1.00. The first-order valence-electron chi connectivity index (χ1n) is 4.11. The number of hydrogen-bond donors (Lipinski definition) is 2. The summed E-state index contributed by atoms with van der Waals surface area (Å²) in [7, 11) is 0. The van der Waals surface area contributed by atoms with Crippen molar-refractivity contribution in [1.82, 2.24) is 5.32 Å². The Bertz CT molecular complexity index is 114. The maximum Gasteiger partial charge on any atom is 0.214 e. The second kappa shape index (κ2) is 5.91. The molecule has 0 saturated heterocycles. The van der Waals surface area contributed by atoms with Crippen LogP contribution in [0.15, 0.2) is 0 Å². The topological polar surface area (TPSA) is 41.5 Å². The van der Waals surface area contributed by atoms with E-state index >= 15 is 0 Å². The Morgan fingerprint density at radius 3 is 2.50 bits per heavy atom. The van der Waals surface area contributed by atoms with E-state index in [1.165, 1.54) is 0 Å². The van der Waals surface area contributed by atoms with Gasteiger partial charge in [-0.2, -0.15) is 0 Å². The molecule has 0 amide bonds. The van der Waals surface area contributed by atoms with Crippen molar-refractivity contribution in [2.45, 2.75) is 39.2 Å². The van der Waals surface area contributed by atoms with Crippen LogP contribution in [-0.4, -0.2) is 29.0 Å². The van der Waals surface area contributed by atoms with Crippen LogP contribution in [0, 0.1) is 0 Å². The van der Waals surface area contributed by atoms with Gasteiger partial charge in [0.1, 0.15) is 0 Å². The summed E-state index contributed by atoms with van der Waals surface area (Å²) in [4.78, 5) is 0. The predicted molar refractivity (Wildman–Crippen MR) is 53.3 cm³/mol. The van der Waals surface area contributed by atoms with E-state index in [2.05, 4.69) is 21.2 Å². The molecule has 0 aromatic rings. The van der Waals surface area contributed by atoms with Gasteiger partial charge in [0.25, 0.3) is 0 Å². The highest BCUT2D eigenvalue weighted by Gasteiger charge is 2.15. The van der Waals surface area contributed by atoms with Crippen LogP contribution >= 0.6 is 15.9 Å². The van der Waals surface area contributed by atoms with Crippen molar-refractivity contribution in [3.63, 3.8) is 0 Å². The van der Waals surface area contributed by atoms with Crippen LogP contribution in [0.1, 0.15) is 27.2 Å². The van der Waals surface area contributed by atoms with Crippen molar-refractivity contribution in [3.8, 4) is 0 Å². The second-order valence-electron chi connectivity index (χ2n) is 3.58. The van der Waals surface area contributed by atoms with Crippen molar-refractivity contribution in [2.75, 3.05) is 11.9 Å². The van der Waals surface area contributed by atoms with Crippen molar-refractivity contribution >= 4 is 15.9 Å². The zero-order valence-corrected chi connectivity index (χ0v) is 9.52. The van der Waals surface area contributed by atoms with Crippen LogP contribution in [0.3, 0.4) is 0 Å². The molecule has 0 aromatic carbocycles. The Hall–Kier alpha value is 0.360. The lowest BCUT2D eigenvalue weighted by Gasteiger charge is -2.24. The lowest BCUT2D eigenvalue weighted by atomic mass is 10.2. The van der Waals surface area contributed by atoms with Crippen molar-refractivity contribution in [2.24, 2.45) is 0 Å². The minimum atomic E-state index is -0.857. The van der Waals surface area contributed by atoms with Crippen molar-refractivity contribution < 1.29 is 9.84 Å². The van der Waals surface area contributed by atoms with Crippen LogP contribution in [0.25, 0.3) is 0 Å². The van der Waals surface area contributed by atoms with Gasteiger partial charge in [-0.3, -0.25) is 5.32 Å². The van der Waals surface area contributed by atoms with Crippen LogP contribution in [0.4, 0.5) is 0 Å². The predicted octanol–water partition coefficient (Wildman–Crippen LogP) is 1.45. The van der Waals surface area contributed by atoms with E-state index in [9.17, 15) is 5.11 Å². The third-order valence-corrected chi connectivity index (χ3v) is 1.66. The molecule has 4 heteroatoms. The molecule has 0 aliphatic rings. The van der Waals surface area contributed by atoms with Gasteiger partial charge in [-0.05, 0) is 27.2 Å². The number of nitrogens with one attached hydrogen (secondary N) is 1. The summed E-state index contributed by atoms with van der Waals surface area (Å²) in [5, 5.41) is 13.0. The van der Waals surface area contributed by atoms with E-state index < -0.39 is 6.41 Å². The SMILES string of the molecule is CC(C)(C)OC(O)NCCCBr. The number of halogens is 1. The Morgan fingerprint density at radius 2 is 2.08 bits per heavy atom. The summed E-state index contributed by atoms with van der Waals surface area (Å²) in [6.45, 7) is 6.47. The van der Waals surface area contributed by atoms with Gasteiger partial charge in [0.05, 0.1) is 5.60 Å². The van der Waals surface area contributed by atoms with E-state index in [1.807, 2.05) is 20.8 Å². The summed E-state index contributed by atoms with van der Waals surface area (Å²) in [6, 6.07) is 0. The molecule has 0 saturated carbocycles. The molecule has 1 atom stereocenters. The van der Waals surface area contributed by atoms with Gasteiger partial charge < -0.3 is 9.84 Å². The number of aliphatic hydroxyl groups excluding tert-OH is 1. The molecule has 0 bridgehead atoms. The van der Waals surface area contributed by atoms with Gasteiger partial charge in [0.15, 0.2) is 0 Å². The fourth-order valence-electron chi connectivity index (χ4n) is 0.669. The molecule has 0 rings (SSSR count). The fourth-order valence-corrected chi connectivity index (χ4v) is 0.949. The number of rotatable bonds is 5. The highest BCUT2D eigenvalue weighted by molar-refractivity contribution is 9.09. The molecule has 0 aliphatic heterocycles. The lowest BCUT2D eigenvalue weighted by Crippen LogP contribution is -2.38. The number of hydrogen-bond acceptors (Lipinski definition) is 3. The zero-order valence-electron chi connectivity index (χ0n) is 7.93.